The van der Waals surface area contributed by atoms with Crippen molar-refractivity contribution in [2.75, 3.05) is 11.9 Å². The highest BCUT2D eigenvalue weighted by molar-refractivity contribution is 6.32. The first-order valence-corrected chi connectivity index (χ1v) is 5.81. The molecule has 0 radical (unpaired) electrons. The summed E-state index contributed by atoms with van der Waals surface area (Å²) in [7, 11) is 0. The highest BCUT2D eigenvalue weighted by Gasteiger charge is 2.31. The number of nitrogens with two attached hydrogens (primary N) is 1. The molecule has 18 heavy (non-hydrogen) atoms. The topological polar surface area (TPSA) is 50.9 Å². The normalized spacial score (nSPS) is 13.8. The van der Waals surface area contributed by atoms with Crippen LogP contribution in [0.4, 0.5) is 19.0 Å². The highest BCUT2D eigenvalue weighted by atomic mass is 35.5. The Hall–Kier alpha value is -1.01. The van der Waals surface area contributed by atoms with Crippen LogP contribution >= 0.6 is 11.6 Å². The van der Waals surface area contributed by atoms with Gasteiger partial charge in [-0.3, -0.25) is 0 Å². The minimum absolute atomic E-state index is 0.0687. The van der Waals surface area contributed by atoms with Crippen LogP contribution in [-0.4, -0.2) is 17.6 Å². The standard InChI is InChI=1S/C11H15ClF3N3/c1-6(2)9(16)5-18-10-8(12)3-7(4-17-10)11(13,14)15/h3-4,6,9H,5,16H2,1-2H3,(H,17,18). The van der Waals surface area contributed by atoms with Gasteiger partial charge < -0.3 is 11.1 Å². The Balaban J connectivity index is 2.75. The minimum atomic E-state index is -4.44. The molecule has 0 amide bonds. The molecule has 0 aromatic carbocycles. The van der Waals surface area contributed by atoms with E-state index in [9.17, 15) is 13.2 Å². The average molecular weight is 282 g/mol. The molecular weight excluding hydrogens is 267 g/mol. The predicted octanol–water partition coefficient (Wildman–Crippen LogP) is 3.15. The number of alkyl halides is 3. The van der Waals surface area contributed by atoms with E-state index in [-0.39, 0.29) is 22.8 Å². The lowest BCUT2D eigenvalue weighted by atomic mass is 10.1. The number of pyridine rings is 1. The summed E-state index contributed by atoms with van der Waals surface area (Å²) in [6.07, 6.45) is -3.70. The number of halogens is 4. The number of rotatable bonds is 4. The molecule has 0 aliphatic rings. The van der Waals surface area contributed by atoms with Crippen LogP contribution in [0.3, 0.4) is 0 Å². The lowest BCUT2D eigenvalue weighted by molar-refractivity contribution is -0.137. The van der Waals surface area contributed by atoms with Crippen molar-refractivity contribution in [1.82, 2.24) is 4.98 Å². The van der Waals surface area contributed by atoms with Crippen LogP contribution in [0.5, 0.6) is 0 Å². The van der Waals surface area contributed by atoms with Gasteiger partial charge in [-0.2, -0.15) is 13.2 Å². The second kappa shape index (κ2) is 5.75. The molecular formula is C11H15ClF3N3. The zero-order chi connectivity index (χ0) is 13.9. The number of anilines is 1. The Labute approximate surface area is 109 Å². The van der Waals surface area contributed by atoms with Crippen molar-refractivity contribution in [2.45, 2.75) is 26.1 Å². The van der Waals surface area contributed by atoms with E-state index in [4.69, 9.17) is 17.3 Å². The molecule has 0 fully saturated rings. The summed E-state index contributed by atoms with van der Waals surface area (Å²) >= 11 is 5.73. The van der Waals surface area contributed by atoms with Gasteiger partial charge in [0.05, 0.1) is 10.6 Å². The molecule has 7 heteroatoms. The SMILES string of the molecule is CC(C)C(N)CNc1ncc(C(F)(F)F)cc1Cl. The quantitative estimate of drug-likeness (QED) is 0.891. The number of hydrogen-bond donors (Lipinski definition) is 2. The van der Waals surface area contributed by atoms with Crippen molar-refractivity contribution >= 4 is 17.4 Å². The van der Waals surface area contributed by atoms with E-state index < -0.39 is 11.7 Å². The van der Waals surface area contributed by atoms with E-state index in [2.05, 4.69) is 10.3 Å². The molecule has 0 spiro atoms. The van der Waals surface area contributed by atoms with Gasteiger partial charge in [0.2, 0.25) is 0 Å². The predicted molar refractivity (Wildman–Crippen MR) is 65.6 cm³/mol. The summed E-state index contributed by atoms with van der Waals surface area (Å²) in [5, 5.41) is 2.77. The van der Waals surface area contributed by atoms with Crippen LogP contribution in [0, 0.1) is 5.92 Å². The van der Waals surface area contributed by atoms with Gasteiger partial charge in [0.15, 0.2) is 0 Å². The zero-order valence-corrected chi connectivity index (χ0v) is 10.8. The zero-order valence-electron chi connectivity index (χ0n) is 10.1. The monoisotopic (exact) mass is 281 g/mol. The number of nitrogens with zero attached hydrogens (tertiary/aromatic N) is 1. The Morgan fingerprint density at radius 1 is 1.44 bits per heavy atom. The van der Waals surface area contributed by atoms with Gasteiger partial charge >= 0.3 is 6.18 Å². The first kappa shape index (κ1) is 15.0. The molecule has 1 heterocycles. The third-order valence-electron chi connectivity index (χ3n) is 2.53. The van der Waals surface area contributed by atoms with Gasteiger partial charge in [0.1, 0.15) is 5.82 Å². The Kier molecular flexibility index (Phi) is 4.81. The maximum Gasteiger partial charge on any atom is 0.417 e. The maximum absolute atomic E-state index is 12.4. The first-order valence-electron chi connectivity index (χ1n) is 5.44. The van der Waals surface area contributed by atoms with Crippen molar-refractivity contribution in [3.63, 3.8) is 0 Å². The van der Waals surface area contributed by atoms with Gasteiger partial charge in [0, 0.05) is 18.8 Å². The van der Waals surface area contributed by atoms with Crippen LogP contribution in [0.15, 0.2) is 12.3 Å². The molecule has 3 N–H and O–H groups in total. The Morgan fingerprint density at radius 2 is 2.06 bits per heavy atom. The summed E-state index contributed by atoms with van der Waals surface area (Å²) in [5.41, 5.74) is 4.93. The van der Waals surface area contributed by atoms with E-state index in [1.54, 1.807) is 0 Å². The molecule has 3 nitrogen and oxygen atoms in total. The van der Waals surface area contributed by atoms with Crippen molar-refractivity contribution in [2.24, 2.45) is 11.7 Å². The number of aromatic nitrogens is 1. The highest BCUT2D eigenvalue weighted by Crippen LogP contribution is 2.32. The second-order valence-electron chi connectivity index (χ2n) is 4.34. The number of hydrogen-bond acceptors (Lipinski definition) is 3. The van der Waals surface area contributed by atoms with E-state index in [1.807, 2.05) is 13.8 Å². The summed E-state index contributed by atoms with van der Waals surface area (Å²) in [5.74, 6) is 0.464. The molecule has 0 saturated carbocycles. The third-order valence-corrected chi connectivity index (χ3v) is 2.82. The van der Waals surface area contributed by atoms with Gasteiger partial charge in [-0.25, -0.2) is 4.98 Å². The third kappa shape index (κ3) is 4.03. The fourth-order valence-corrected chi connectivity index (χ4v) is 1.41. The van der Waals surface area contributed by atoms with Crippen molar-refractivity contribution in [3.05, 3.63) is 22.8 Å². The van der Waals surface area contributed by atoms with Crippen molar-refractivity contribution < 1.29 is 13.2 Å². The largest absolute Gasteiger partial charge is 0.417 e. The molecule has 0 aliphatic heterocycles. The molecule has 0 aliphatic carbocycles. The fourth-order valence-electron chi connectivity index (χ4n) is 1.17. The Bertz CT molecular complexity index is 407. The molecule has 102 valence electrons. The first-order chi connectivity index (χ1) is 8.21. The average Bonchev–Trinajstić information content (AvgIpc) is 2.25. The van der Waals surface area contributed by atoms with E-state index >= 15 is 0 Å². The second-order valence-corrected chi connectivity index (χ2v) is 4.75. The van der Waals surface area contributed by atoms with Crippen LogP contribution in [0.1, 0.15) is 19.4 Å². The molecule has 1 aromatic heterocycles. The van der Waals surface area contributed by atoms with Gasteiger partial charge in [-0.15, -0.1) is 0 Å². The smallest absolute Gasteiger partial charge is 0.367 e. The molecule has 1 unspecified atom stereocenters. The van der Waals surface area contributed by atoms with Gasteiger partial charge in [0.25, 0.3) is 0 Å². The summed E-state index contributed by atoms with van der Waals surface area (Å²) in [4.78, 5) is 3.66. The lowest BCUT2D eigenvalue weighted by Crippen LogP contribution is -2.34. The van der Waals surface area contributed by atoms with Crippen LogP contribution in [0.25, 0.3) is 0 Å². The lowest BCUT2D eigenvalue weighted by Gasteiger charge is -2.17. The van der Waals surface area contributed by atoms with E-state index in [0.717, 1.165) is 12.3 Å². The molecule has 1 aromatic rings. The van der Waals surface area contributed by atoms with Crippen molar-refractivity contribution in [3.8, 4) is 0 Å². The fraction of sp³-hybridized carbons (Fsp3) is 0.545. The minimum Gasteiger partial charge on any atom is -0.367 e. The van der Waals surface area contributed by atoms with Crippen LogP contribution in [-0.2, 0) is 6.18 Å². The van der Waals surface area contributed by atoms with Crippen LogP contribution < -0.4 is 11.1 Å². The van der Waals surface area contributed by atoms with Gasteiger partial charge in [-0.05, 0) is 12.0 Å². The Morgan fingerprint density at radius 3 is 2.50 bits per heavy atom. The van der Waals surface area contributed by atoms with E-state index in [0.29, 0.717) is 6.54 Å². The summed E-state index contributed by atoms with van der Waals surface area (Å²) in [6, 6.07) is 0.725. The molecule has 0 bridgehead atoms. The van der Waals surface area contributed by atoms with E-state index in [1.165, 1.54) is 0 Å². The maximum atomic E-state index is 12.4. The molecule has 1 atom stereocenters. The number of nitrogens with one attached hydrogen (secondary N) is 1. The van der Waals surface area contributed by atoms with Crippen LogP contribution in [0.2, 0.25) is 5.02 Å². The molecule has 0 saturated heterocycles. The van der Waals surface area contributed by atoms with Crippen molar-refractivity contribution in [1.29, 1.82) is 0 Å². The molecule has 1 rings (SSSR count). The van der Waals surface area contributed by atoms with Gasteiger partial charge in [-0.1, -0.05) is 25.4 Å². The summed E-state index contributed by atoms with van der Waals surface area (Å²) < 4.78 is 37.1. The summed E-state index contributed by atoms with van der Waals surface area (Å²) in [6.45, 7) is 4.30.